The minimum atomic E-state index is -0.951. The van der Waals surface area contributed by atoms with Gasteiger partial charge in [-0.1, -0.05) is 15.9 Å². The fourth-order valence-electron chi connectivity index (χ4n) is 4.08. The Morgan fingerprint density at radius 2 is 1.60 bits per heavy atom. The molecule has 1 heterocycles. The molecular weight excluding hydrogens is 514 g/mol. The van der Waals surface area contributed by atoms with Crippen molar-refractivity contribution in [3.8, 4) is 17.2 Å². The minimum absolute atomic E-state index is 0.0476. The van der Waals surface area contributed by atoms with Crippen LogP contribution in [-0.2, 0) is 9.59 Å². The van der Waals surface area contributed by atoms with Crippen LogP contribution in [-0.4, -0.2) is 37.6 Å². The van der Waals surface area contributed by atoms with Gasteiger partial charge in [0.15, 0.2) is 0 Å². The molecule has 3 aromatic carbocycles. The maximum atomic E-state index is 13.4. The molecule has 1 aliphatic heterocycles. The van der Waals surface area contributed by atoms with E-state index >= 15 is 0 Å². The van der Waals surface area contributed by atoms with Gasteiger partial charge in [0.25, 0.3) is 11.7 Å². The third-order valence-electron chi connectivity index (χ3n) is 5.72. The molecule has 1 unspecified atom stereocenters. The van der Waals surface area contributed by atoms with E-state index in [1.807, 2.05) is 6.92 Å². The van der Waals surface area contributed by atoms with E-state index in [4.69, 9.17) is 14.2 Å². The molecule has 8 heteroatoms. The number of halogens is 1. The van der Waals surface area contributed by atoms with Crippen LogP contribution in [0.25, 0.3) is 5.76 Å². The number of nitrogens with zero attached hydrogens (tertiary/aromatic N) is 1. The summed E-state index contributed by atoms with van der Waals surface area (Å²) >= 11 is 3.40. The van der Waals surface area contributed by atoms with Crippen LogP contribution in [0.15, 0.2) is 76.8 Å². The fraction of sp³-hybridized carbons (Fsp3) is 0.185. The highest BCUT2D eigenvalue weighted by atomic mass is 79.9. The molecule has 0 saturated carbocycles. The van der Waals surface area contributed by atoms with Gasteiger partial charge in [-0.15, -0.1) is 0 Å². The van der Waals surface area contributed by atoms with Gasteiger partial charge < -0.3 is 19.3 Å². The normalized spacial score (nSPS) is 16.9. The van der Waals surface area contributed by atoms with Crippen molar-refractivity contribution in [2.45, 2.75) is 13.0 Å². The smallest absolute Gasteiger partial charge is 0.300 e. The second-order valence-corrected chi connectivity index (χ2v) is 8.63. The highest BCUT2D eigenvalue weighted by Gasteiger charge is 2.48. The van der Waals surface area contributed by atoms with Crippen molar-refractivity contribution in [3.63, 3.8) is 0 Å². The number of aliphatic hydroxyl groups excluding tert-OH is 1. The SMILES string of the molecule is CCOc1ccc(/C(O)=C2\C(=O)C(=O)N(c3ccc(Br)cc3)C2c2cc(OC)ccc2OC)cc1. The number of anilines is 1. The number of aliphatic hydroxyl groups is 1. The van der Waals surface area contributed by atoms with Crippen molar-refractivity contribution in [2.75, 3.05) is 25.7 Å². The summed E-state index contributed by atoms with van der Waals surface area (Å²) in [6.45, 7) is 2.37. The third-order valence-corrected chi connectivity index (χ3v) is 6.25. The van der Waals surface area contributed by atoms with E-state index in [9.17, 15) is 14.7 Å². The molecule has 0 radical (unpaired) electrons. The average molecular weight is 538 g/mol. The molecule has 0 aliphatic carbocycles. The van der Waals surface area contributed by atoms with Crippen LogP contribution >= 0.6 is 15.9 Å². The monoisotopic (exact) mass is 537 g/mol. The summed E-state index contributed by atoms with van der Waals surface area (Å²) in [4.78, 5) is 28.1. The maximum absolute atomic E-state index is 13.4. The van der Waals surface area contributed by atoms with E-state index in [0.717, 1.165) is 4.47 Å². The molecule has 0 bridgehead atoms. The first kappa shape index (κ1) is 24.3. The number of hydrogen-bond acceptors (Lipinski definition) is 6. The fourth-order valence-corrected chi connectivity index (χ4v) is 4.34. The predicted octanol–water partition coefficient (Wildman–Crippen LogP) is 5.49. The van der Waals surface area contributed by atoms with Crippen molar-refractivity contribution in [3.05, 3.63) is 87.9 Å². The molecule has 7 nitrogen and oxygen atoms in total. The van der Waals surface area contributed by atoms with Crippen LogP contribution in [0.3, 0.4) is 0 Å². The quantitative estimate of drug-likeness (QED) is 0.243. The summed E-state index contributed by atoms with van der Waals surface area (Å²) in [6.07, 6.45) is 0. The number of rotatable bonds is 7. The van der Waals surface area contributed by atoms with Gasteiger partial charge in [-0.3, -0.25) is 14.5 Å². The zero-order chi connectivity index (χ0) is 25.1. The summed E-state index contributed by atoms with van der Waals surface area (Å²) in [5, 5.41) is 11.3. The number of carbonyl (C=O) groups excluding carboxylic acids is 2. The van der Waals surface area contributed by atoms with Crippen molar-refractivity contribution in [2.24, 2.45) is 0 Å². The number of amides is 1. The molecule has 0 aromatic heterocycles. The molecule has 1 aliphatic rings. The molecule has 0 spiro atoms. The molecule has 1 fully saturated rings. The van der Waals surface area contributed by atoms with E-state index in [1.54, 1.807) is 66.7 Å². The lowest BCUT2D eigenvalue weighted by molar-refractivity contribution is -0.132. The Balaban J connectivity index is 1.95. The van der Waals surface area contributed by atoms with Crippen molar-refractivity contribution >= 4 is 39.1 Å². The maximum Gasteiger partial charge on any atom is 0.300 e. The highest BCUT2D eigenvalue weighted by Crippen LogP contribution is 2.46. The summed E-state index contributed by atoms with van der Waals surface area (Å²) < 4.78 is 17.3. The Morgan fingerprint density at radius 3 is 2.20 bits per heavy atom. The van der Waals surface area contributed by atoms with Crippen LogP contribution < -0.4 is 19.1 Å². The number of benzene rings is 3. The van der Waals surface area contributed by atoms with Gasteiger partial charge in [0.1, 0.15) is 23.0 Å². The van der Waals surface area contributed by atoms with Crippen LogP contribution in [0.4, 0.5) is 5.69 Å². The lowest BCUT2D eigenvalue weighted by Crippen LogP contribution is -2.29. The molecule has 35 heavy (non-hydrogen) atoms. The minimum Gasteiger partial charge on any atom is -0.507 e. The zero-order valence-electron chi connectivity index (χ0n) is 19.4. The van der Waals surface area contributed by atoms with Crippen LogP contribution in [0.2, 0.25) is 0 Å². The van der Waals surface area contributed by atoms with Gasteiger partial charge >= 0.3 is 0 Å². The Bertz CT molecular complexity index is 1280. The van der Waals surface area contributed by atoms with Crippen molar-refractivity contribution in [1.82, 2.24) is 0 Å². The average Bonchev–Trinajstić information content (AvgIpc) is 3.14. The zero-order valence-corrected chi connectivity index (χ0v) is 21.0. The van der Waals surface area contributed by atoms with E-state index in [2.05, 4.69) is 15.9 Å². The molecule has 1 amide bonds. The van der Waals surface area contributed by atoms with E-state index < -0.39 is 17.7 Å². The summed E-state index contributed by atoms with van der Waals surface area (Å²) in [6, 6.07) is 17.9. The Hall–Kier alpha value is -3.78. The lowest BCUT2D eigenvalue weighted by Gasteiger charge is -2.27. The Morgan fingerprint density at radius 1 is 0.943 bits per heavy atom. The first-order chi connectivity index (χ1) is 16.9. The Labute approximate surface area is 211 Å². The number of methoxy groups -OCH3 is 2. The van der Waals surface area contributed by atoms with Gasteiger partial charge in [-0.25, -0.2) is 0 Å². The first-order valence-electron chi connectivity index (χ1n) is 10.9. The second-order valence-electron chi connectivity index (χ2n) is 7.71. The predicted molar refractivity (Wildman–Crippen MR) is 136 cm³/mol. The largest absolute Gasteiger partial charge is 0.507 e. The lowest BCUT2D eigenvalue weighted by atomic mass is 9.94. The van der Waals surface area contributed by atoms with Gasteiger partial charge in [-0.2, -0.15) is 0 Å². The Kier molecular flexibility index (Phi) is 7.12. The summed E-state index contributed by atoms with van der Waals surface area (Å²) in [5.74, 6) is -0.254. The molecule has 1 saturated heterocycles. The number of Topliss-reactive ketones (excluding diaryl/α,β-unsaturated/α-hetero) is 1. The summed E-state index contributed by atoms with van der Waals surface area (Å²) in [7, 11) is 3.03. The topological polar surface area (TPSA) is 85.3 Å². The second kappa shape index (κ2) is 10.2. The van der Waals surface area contributed by atoms with Gasteiger partial charge in [0.2, 0.25) is 0 Å². The molecule has 1 atom stereocenters. The first-order valence-corrected chi connectivity index (χ1v) is 11.7. The molecular formula is C27H24BrNO6. The highest BCUT2D eigenvalue weighted by molar-refractivity contribution is 9.10. The molecule has 4 rings (SSSR count). The molecule has 180 valence electrons. The molecule has 3 aromatic rings. The number of ether oxygens (including phenoxy) is 3. The summed E-state index contributed by atoms with van der Waals surface area (Å²) in [5.41, 5.74) is 1.33. The van der Waals surface area contributed by atoms with Gasteiger partial charge in [0, 0.05) is 21.3 Å². The van der Waals surface area contributed by atoms with Crippen molar-refractivity contribution < 1.29 is 28.9 Å². The van der Waals surface area contributed by atoms with E-state index in [-0.39, 0.29) is 11.3 Å². The number of ketones is 1. The van der Waals surface area contributed by atoms with Crippen molar-refractivity contribution in [1.29, 1.82) is 0 Å². The van der Waals surface area contributed by atoms with Crippen LogP contribution in [0.1, 0.15) is 24.1 Å². The van der Waals surface area contributed by atoms with Crippen LogP contribution in [0.5, 0.6) is 17.2 Å². The third kappa shape index (κ3) is 4.61. The van der Waals surface area contributed by atoms with Crippen LogP contribution in [0, 0.1) is 0 Å². The number of carbonyl (C=O) groups is 2. The number of hydrogen-bond donors (Lipinski definition) is 1. The molecule has 1 N–H and O–H groups in total. The van der Waals surface area contributed by atoms with Gasteiger partial charge in [-0.05, 0) is 73.7 Å². The van der Waals surface area contributed by atoms with E-state index in [0.29, 0.717) is 40.7 Å². The standard InChI is InChI=1S/C27H24BrNO6/c1-4-35-19-11-5-16(6-12-19)25(30)23-24(21-15-20(33-2)13-14-22(21)34-3)29(27(32)26(23)31)18-9-7-17(28)8-10-18/h5-15,24,30H,4H2,1-3H3/b25-23+. The van der Waals surface area contributed by atoms with E-state index in [1.165, 1.54) is 19.1 Å². The van der Waals surface area contributed by atoms with Gasteiger partial charge in [0.05, 0.1) is 32.4 Å².